The third-order valence-corrected chi connectivity index (χ3v) is 6.79. The van der Waals surface area contributed by atoms with Gasteiger partial charge in [-0.3, -0.25) is 0 Å². The van der Waals surface area contributed by atoms with Crippen molar-refractivity contribution in [1.29, 1.82) is 0 Å². The van der Waals surface area contributed by atoms with E-state index in [2.05, 4.69) is 18.7 Å². The van der Waals surface area contributed by atoms with Crippen molar-refractivity contribution in [3.8, 4) is 0 Å². The Morgan fingerprint density at radius 1 is 0.727 bits per heavy atom. The molecule has 3 aliphatic rings. The quantitative estimate of drug-likeness (QED) is 0.640. The van der Waals surface area contributed by atoms with Crippen molar-refractivity contribution in [2.75, 3.05) is 19.6 Å². The van der Waals surface area contributed by atoms with Gasteiger partial charge in [-0.25, -0.2) is 0 Å². The lowest BCUT2D eigenvalue weighted by Gasteiger charge is -2.39. The molecular formula is C21H39N. The minimum absolute atomic E-state index is 0.969. The van der Waals surface area contributed by atoms with E-state index < -0.39 is 0 Å². The predicted octanol–water partition coefficient (Wildman–Crippen LogP) is 5.74. The molecule has 128 valence electrons. The molecule has 0 aromatic rings. The molecule has 3 atom stereocenters. The summed E-state index contributed by atoms with van der Waals surface area (Å²) in [6.45, 7) is 9.18. The second-order valence-corrected chi connectivity index (χ2v) is 9.29. The van der Waals surface area contributed by atoms with Crippen LogP contribution in [0, 0.1) is 29.6 Å². The highest BCUT2D eigenvalue weighted by atomic mass is 15.1. The summed E-state index contributed by atoms with van der Waals surface area (Å²) < 4.78 is 0. The first-order valence-corrected chi connectivity index (χ1v) is 10.4. The van der Waals surface area contributed by atoms with Crippen LogP contribution in [0.4, 0.5) is 0 Å². The fourth-order valence-corrected chi connectivity index (χ4v) is 6.03. The van der Waals surface area contributed by atoms with Gasteiger partial charge in [0, 0.05) is 13.1 Å². The number of hydrogen-bond donors (Lipinski definition) is 0. The Hall–Kier alpha value is -0.0400. The number of nitrogens with zero attached hydrogens (tertiary/aromatic N) is 1. The monoisotopic (exact) mass is 305 g/mol. The van der Waals surface area contributed by atoms with Gasteiger partial charge >= 0.3 is 0 Å². The van der Waals surface area contributed by atoms with Crippen LogP contribution in [0.15, 0.2) is 0 Å². The molecule has 1 aliphatic heterocycles. The van der Waals surface area contributed by atoms with Gasteiger partial charge in [-0.15, -0.1) is 0 Å². The fourth-order valence-electron chi connectivity index (χ4n) is 6.03. The fraction of sp³-hybridized carbons (Fsp3) is 1.00. The number of rotatable bonds is 4. The van der Waals surface area contributed by atoms with Gasteiger partial charge in [0.2, 0.25) is 0 Å². The Labute approximate surface area is 139 Å². The van der Waals surface area contributed by atoms with Gasteiger partial charge in [-0.05, 0) is 74.7 Å². The first kappa shape index (κ1) is 16.8. The summed E-state index contributed by atoms with van der Waals surface area (Å²) in [5.41, 5.74) is 0. The highest BCUT2D eigenvalue weighted by molar-refractivity contribution is 4.81. The number of hydrogen-bond acceptors (Lipinski definition) is 1. The molecule has 22 heavy (non-hydrogen) atoms. The molecule has 0 N–H and O–H groups in total. The maximum atomic E-state index is 2.85. The van der Waals surface area contributed by atoms with Gasteiger partial charge in [-0.1, -0.05) is 46.0 Å². The lowest BCUT2D eigenvalue weighted by molar-refractivity contribution is 0.102. The number of piperidine rings is 1. The van der Waals surface area contributed by atoms with Crippen LogP contribution >= 0.6 is 0 Å². The average molecular weight is 306 g/mol. The minimum Gasteiger partial charge on any atom is -0.303 e. The van der Waals surface area contributed by atoms with Crippen molar-refractivity contribution in [2.24, 2.45) is 29.6 Å². The molecule has 1 heterocycles. The summed E-state index contributed by atoms with van der Waals surface area (Å²) in [6.07, 6.45) is 16.6. The van der Waals surface area contributed by atoms with Crippen molar-refractivity contribution in [3.05, 3.63) is 0 Å². The van der Waals surface area contributed by atoms with Crippen molar-refractivity contribution < 1.29 is 0 Å². The Balaban J connectivity index is 1.43. The topological polar surface area (TPSA) is 3.24 Å². The summed E-state index contributed by atoms with van der Waals surface area (Å²) in [5.74, 6) is 5.03. The van der Waals surface area contributed by atoms with E-state index >= 15 is 0 Å². The Kier molecular flexibility index (Phi) is 6.24. The van der Waals surface area contributed by atoms with E-state index in [1.165, 1.54) is 83.8 Å². The van der Waals surface area contributed by atoms with Crippen LogP contribution < -0.4 is 0 Å². The molecule has 0 radical (unpaired) electrons. The Morgan fingerprint density at radius 3 is 2.14 bits per heavy atom. The Bertz CT molecular complexity index is 310. The molecule has 2 saturated carbocycles. The van der Waals surface area contributed by atoms with E-state index in [9.17, 15) is 0 Å². The molecule has 3 unspecified atom stereocenters. The van der Waals surface area contributed by atoms with Crippen LogP contribution in [0.25, 0.3) is 0 Å². The number of likely N-dealkylation sites (tertiary alicyclic amines) is 1. The van der Waals surface area contributed by atoms with Crippen LogP contribution in [0.3, 0.4) is 0 Å². The maximum absolute atomic E-state index is 2.85. The molecule has 1 heteroatoms. The third-order valence-electron chi connectivity index (χ3n) is 6.79. The molecule has 2 aliphatic carbocycles. The standard InChI is InChI=1S/C21H39N/c1-17-11-18(2)13-21(12-17)16-22-10-6-9-20(15-22)14-19-7-4-3-5-8-19/h17-21H,3-16H2,1-2H3. The van der Waals surface area contributed by atoms with Crippen LogP contribution in [0.5, 0.6) is 0 Å². The third kappa shape index (κ3) is 4.98. The molecule has 3 fully saturated rings. The second-order valence-electron chi connectivity index (χ2n) is 9.29. The first-order chi connectivity index (χ1) is 10.7. The van der Waals surface area contributed by atoms with Gasteiger partial charge in [0.1, 0.15) is 0 Å². The summed E-state index contributed by atoms with van der Waals surface area (Å²) in [4.78, 5) is 2.85. The molecule has 0 amide bonds. The summed E-state index contributed by atoms with van der Waals surface area (Å²) in [5, 5.41) is 0. The zero-order valence-electron chi connectivity index (χ0n) is 15.2. The van der Waals surface area contributed by atoms with Crippen LogP contribution in [0.1, 0.15) is 84.5 Å². The molecule has 1 nitrogen and oxygen atoms in total. The zero-order valence-corrected chi connectivity index (χ0v) is 15.2. The van der Waals surface area contributed by atoms with Gasteiger partial charge in [0.15, 0.2) is 0 Å². The SMILES string of the molecule is CC1CC(C)CC(CN2CCCC(CC3CCCCC3)C2)C1. The predicted molar refractivity (Wildman–Crippen MR) is 96.0 cm³/mol. The van der Waals surface area contributed by atoms with E-state index in [1.54, 1.807) is 6.42 Å². The van der Waals surface area contributed by atoms with Crippen molar-refractivity contribution in [1.82, 2.24) is 4.90 Å². The largest absolute Gasteiger partial charge is 0.303 e. The minimum atomic E-state index is 0.969. The van der Waals surface area contributed by atoms with E-state index in [0.717, 1.165) is 29.6 Å². The maximum Gasteiger partial charge on any atom is 0.000997 e. The second kappa shape index (κ2) is 8.18. The lowest BCUT2D eigenvalue weighted by Crippen LogP contribution is -2.40. The van der Waals surface area contributed by atoms with E-state index in [4.69, 9.17) is 0 Å². The lowest BCUT2D eigenvalue weighted by atomic mass is 9.76. The van der Waals surface area contributed by atoms with Gasteiger partial charge in [0.05, 0.1) is 0 Å². The summed E-state index contributed by atoms with van der Waals surface area (Å²) in [6, 6.07) is 0. The molecule has 0 bridgehead atoms. The zero-order chi connectivity index (χ0) is 15.4. The molecule has 0 spiro atoms. The van der Waals surface area contributed by atoms with Crippen LogP contribution in [0.2, 0.25) is 0 Å². The normalized spacial score (nSPS) is 39.0. The molecule has 1 saturated heterocycles. The van der Waals surface area contributed by atoms with E-state index in [-0.39, 0.29) is 0 Å². The van der Waals surface area contributed by atoms with E-state index in [0.29, 0.717) is 0 Å². The average Bonchev–Trinajstić information content (AvgIpc) is 2.47. The summed E-state index contributed by atoms with van der Waals surface area (Å²) in [7, 11) is 0. The van der Waals surface area contributed by atoms with Crippen molar-refractivity contribution in [2.45, 2.75) is 84.5 Å². The smallest absolute Gasteiger partial charge is 0.000997 e. The first-order valence-electron chi connectivity index (χ1n) is 10.4. The molecular weight excluding hydrogens is 266 g/mol. The van der Waals surface area contributed by atoms with E-state index in [1.807, 2.05) is 0 Å². The Morgan fingerprint density at radius 2 is 1.41 bits per heavy atom. The van der Waals surface area contributed by atoms with Gasteiger partial charge in [0.25, 0.3) is 0 Å². The molecule has 0 aromatic heterocycles. The highest BCUT2D eigenvalue weighted by Crippen LogP contribution is 2.35. The van der Waals surface area contributed by atoms with Gasteiger partial charge in [-0.2, -0.15) is 0 Å². The molecule has 0 aromatic carbocycles. The van der Waals surface area contributed by atoms with Crippen LogP contribution in [-0.4, -0.2) is 24.5 Å². The highest BCUT2D eigenvalue weighted by Gasteiger charge is 2.28. The summed E-state index contributed by atoms with van der Waals surface area (Å²) >= 11 is 0. The van der Waals surface area contributed by atoms with Crippen molar-refractivity contribution >= 4 is 0 Å². The van der Waals surface area contributed by atoms with Gasteiger partial charge < -0.3 is 4.90 Å². The van der Waals surface area contributed by atoms with Crippen molar-refractivity contribution in [3.63, 3.8) is 0 Å². The van der Waals surface area contributed by atoms with Crippen LogP contribution in [-0.2, 0) is 0 Å². The molecule has 3 rings (SSSR count).